The summed E-state index contributed by atoms with van der Waals surface area (Å²) in [6, 6.07) is 3.92. The van der Waals surface area contributed by atoms with Gasteiger partial charge in [0.2, 0.25) is 0 Å². The number of aromatic nitrogens is 3. The van der Waals surface area contributed by atoms with Gasteiger partial charge in [-0.3, -0.25) is 0 Å². The molecule has 0 aliphatic carbocycles. The molecule has 0 saturated carbocycles. The lowest BCUT2D eigenvalue weighted by atomic mass is 10.2. The lowest BCUT2D eigenvalue weighted by Crippen LogP contribution is -2.20. The van der Waals surface area contributed by atoms with Gasteiger partial charge >= 0.3 is 0 Å². The average Bonchev–Trinajstić information content (AvgIpc) is 2.96. The number of rotatable bonds is 7. The first-order valence-corrected chi connectivity index (χ1v) is 6.39. The van der Waals surface area contributed by atoms with E-state index in [-0.39, 0.29) is 0 Å². The molecule has 0 saturated heterocycles. The lowest BCUT2D eigenvalue weighted by Gasteiger charge is -2.11. The van der Waals surface area contributed by atoms with E-state index < -0.39 is 0 Å². The van der Waals surface area contributed by atoms with Crippen LogP contribution in [0.4, 0.5) is 11.6 Å². The summed E-state index contributed by atoms with van der Waals surface area (Å²) in [7, 11) is 0. The maximum atomic E-state index is 5.58. The minimum atomic E-state index is 0.422. The molecular weight excluding hydrogens is 240 g/mol. The summed E-state index contributed by atoms with van der Waals surface area (Å²) in [6.07, 6.45) is 5.41. The molecule has 0 bridgehead atoms. The SMILES string of the molecule is CC(CN)CNc1cc(NCc2cc[nH]c2)ncn1. The highest BCUT2D eigenvalue weighted by molar-refractivity contribution is 5.46. The Kier molecular flexibility index (Phi) is 4.74. The zero-order chi connectivity index (χ0) is 13.5. The molecule has 0 amide bonds. The summed E-state index contributed by atoms with van der Waals surface area (Å²) >= 11 is 0. The predicted molar refractivity (Wildman–Crippen MR) is 76.9 cm³/mol. The summed E-state index contributed by atoms with van der Waals surface area (Å²) in [5, 5.41) is 6.50. The molecule has 0 fully saturated rings. The largest absolute Gasteiger partial charge is 0.370 e. The van der Waals surface area contributed by atoms with Gasteiger partial charge in [0.1, 0.15) is 18.0 Å². The van der Waals surface area contributed by atoms with Gasteiger partial charge in [0, 0.05) is 31.5 Å². The smallest absolute Gasteiger partial charge is 0.131 e. The molecule has 2 rings (SSSR count). The molecule has 6 nitrogen and oxygen atoms in total. The van der Waals surface area contributed by atoms with Crippen LogP contribution in [0.3, 0.4) is 0 Å². The average molecular weight is 260 g/mol. The first-order chi connectivity index (χ1) is 9.28. The van der Waals surface area contributed by atoms with Crippen LogP contribution in [0.15, 0.2) is 30.9 Å². The van der Waals surface area contributed by atoms with Crippen molar-refractivity contribution in [1.82, 2.24) is 15.0 Å². The van der Waals surface area contributed by atoms with E-state index in [4.69, 9.17) is 5.73 Å². The second-order valence-corrected chi connectivity index (χ2v) is 4.58. The van der Waals surface area contributed by atoms with Crippen LogP contribution < -0.4 is 16.4 Å². The van der Waals surface area contributed by atoms with Gasteiger partial charge in [-0.25, -0.2) is 9.97 Å². The third kappa shape index (κ3) is 4.26. The Morgan fingerprint density at radius 1 is 1.32 bits per heavy atom. The monoisotopic (exact) mass is 260 g/mol. The maximum absolute atomic E-state index is 5.58. The first kappa shape index (κ1) is 13.4. The van der Waals surface area contributed by atoms with Crippen LogP contribution in [0.5, 0.6) is 0 Å². The Bertz CT molecular complexity index is 482. The third-order valence-electron chi connectivity index (χ3n) is 2.84. The van der Waals surface area contributed by atoms with E-state index in [1.807, 2.05) is 24.5 Å². The molecular formula is C13H20N6. The van der Waals surface area contributed by atoms with Gasteiger partial charge in [-0.2, -0.15) is 0 Å². The molecule has 0 aliphatic rings. The molecule has 2 aromatic rings. The predicted octanol–water partition coefficient (Wildman–Crippen LogP) is 1.42. The van der Waals surface area contributed by atoms with E-state index in [1.165, 1.54) is 5.56 Å². The first-order valence-electron chi connectivity index (χ1n) is 6.39. The van der Waals surface area contributed by atoms with E-state index >= 15 is 0 Å². The van der Waals surface area contributed by atoms with Gasteiger partial charge in [-0.05, 0) is 24.1 Å². The summed E-state index contributed by atoms with van der Waals surface area (Å²) in [5.74, 6) is 2.04. The van der Waals surface area contributed by atoms with Crippen molar-refractivity contribution in [3.05, 3.63) is 36.4 Å². The Morgan fingerprint density at radius 2 is 2.11 bits per heavy atom. The van der Waals surface area contributed by atoms with E-state index in [2.05, 4.69) is 32.5 Å². The molecule has 0 radical (unpaired) electrons. The van der Waals surface area contributed by atoms with E-state index in [1.54, 1.807) is 6.33 Å². The Hall–Kier alpha value is -2.08. The fourth-order valence-corrected chi connectivity index (χ4v) is 1.57. The zero-order valence-corrected chi connectivity index (χ0v) is 11.1. The number of anilines is 2. The highest BCUT2D eigenvalue weighted by atomic mass is 15.1. The third-order valence-corrected chi connectivity index (χ3v) is 2.84. The number of nitrogens with two attached hydrogens (primary N) is 1. The van der Waals surface area contributed by atoms with Crippen molar-refractivity contribution in [3.8, 4) is 0 Å². The lowest BCUT2D eigenvalue weighted by molar-refractivity contribution is 0.627. The van der Waals surface area contributed by atoms with Crippen molar-refractivity contribution in [2.24, 2.45) is 11.7 Å². The molecule has 1 atom stereocenters. The minimum absolute atomic E-state index is 0.422. The Balaban J connectivity index is 1.87. The number of aromatic amines is 1. The Morgan fingerprint density at radius 3 is 2.79 bits per heavy atom. The van der Waals surface area contributed by atoms with Crippen molar-refractivity contribution >= 4 is 11.6 Å². The van der Waals surface area contributed by atoms with Crippen LogP contribution in [-0.4, -0.2) is 28.0 Å². The van der Waals surface area contributed by atoms with Gasteiger partial charge in [0.15, 0.2) is 0 Å². The van der Waals surface area contributed by atoms with Crippen molar-refractivity contribution in [3.63, 3.8) is 0 Å². The van der Waals surface area contributed by atoms with Gasteiger partial charge in [-0.1, -0.05) is 6.92 Å². The molecule has 6 heteroatoms. The van der Waals surface area contributed by atoms with Crippen molar-refractivity contribution in [2.75, 3.05) is 23.7 Å². The number of H-pyrrole nitrogens is 1. The molecule has 5 N–H and O–H groups in total. The summed E-state index contributed by atoms with van der Waals surface area (Å²) < 4.78 is 0. The van der Waals surface area contributed by atoms with Crippen LogP contribution in [-0.2, 0) is 6.54 Å². The number of nitrogens with zero attached hydrogens (tertiary/aromatic N) is 2. The summed E-state index contributed by atoms with van der Waals surface area (Å²) in [4.78, 5) is 11.4. The van der Waals surface area contributed by atoms with Gasteiger partial charge in [0.25, 0.3) is 0 Å². The quantitative estimate of drug-likeness (QED) is 0.604. The second-order valence-electron chi connectivity index (χ2n) is 4.58. The molecule has 102 valence electrons. The highest BCUT2D eigenvalue weighted by Gasteiger charge is 2.02. The van der Waals surface area contributed by atoms with Crippen molar-refractivity contribution in [2.45, 2.75) is 13.5 Å². The number of hydrogen-bond acceptors (Lipinski definition) is 5. The van der Waals surface area contributed by atoms with Crippen LogP contribution >= 0.6 is 0 Å². The number of hydrogen-bond donors (Lipinski definition) is 4. The molecule has 0 spiro atoms. The minimum Gasteiger partial charge on any atom is -0.370 e. The van der Waals surface area contributed by atoms with E-state index in [9.17, 15) is 0 Å². The summed E-state index contributed by atoms with van der Waals surface area (Å²) in [6.45, 7) is 4.31. The maximum Gasteiger partial charge on any atom is 0.131 e. The molecule has 0 aromatic carbocycles. The standard InChI is InChI=1S/C13H20N6/c1-10(5-14)6-16-12-4-13(19-9-18-12)17-8-11-2-3-15-7-11/h2-4,7,9-10,15H,5-6,8,14H2,1H3,(H2,16,17,18,19). The fourth-order valence-electron chi connectivity index (χ4n) is 1.57. The van der Waals surface area contributed by atoms with E-state index in [0.717, 1.165) is 24.7 Å². The van der Waals surface area contributed by atoms with Gasteiger partial charge < -0.3 is 21.4 Å². The van der Waals surface area contributed by atoms with Crippen molar-refractivity contribution < 1.29 is 0 Å². The van der Waals surface area contributed by atoms with Gasteiger partial charge in [0.05, 0.1) is 0 Å². The zero-order valence-electron chi connectivity index (χ0n) is 11.1. The summed E-state index contributed by atoms with van der Waals surface area (Å²) in [5.41, 5.74) is 6.76. The van der Waals surface area contributed by atoms with Crippen LogP contribution in [0.1, 0.15) is 12.5 Å². The second kappa shape index (κ2) is 6.75. The molecule has 1 unspecified atom stereocenters. The topological polar surface area (TPSA) is 91.7 Å². The fraction of sp³-hybridized carbons (Fsp3) is 0.385. The molecule has 0 aliphatic heterocycles. The Labute approximate surface area is 112 Å². The normalized spacial score (nSPS) is 12.1. The molecule has 2 aromatic heterocycles. The van der Waals surface area contributed by atoms with Crippen molar-refractivity contribution in [1.29, 1.82) is 0 Å². The molecule has 2 heterocycles. The molecule has 19 heavy (non-hydrogen) atoms. The van der Waals surface area contributed by atoms with Crippen LogP contribution in [0, 0.1) is 5.92 Å². The van der Waals surface area contributed by atoms with E-state index in [0.29, 0.717) is 12.5 Å². The van der Waals surface area contributed by atoms with Crippen LogP contribution in [0.2, 0.25) is 0 Å². The van der Waals surface area contributed by atoms with Crippen LogP contribution in [0.25, 0.3) is 0 Å². The number of nitrogens with one attached hydrogen (secondary N) is 3. The highest BCUT2D eigenvalue weighted by Crippen LogP contribution is 2.10. The van der Waals surface area contributed by atoms with Gasteiger partial charge in [-0.15, -0.1) is 0 Å².